The van der Waals surface area contributed by atoms with E-state index in [9.17, 15) is 28.8 Å². The first-order valence-electron chi connectivity index (χ1n) is 22.2. The molecule has 20 heteroatoms. The van der Waals surface area contributed by atoms with Gasteiger partial charge in [-0.1, -0.05) is 18.9 Å². The summed E-state index contributed by atoms with van der Waals surface area (Å²) in [7, 11) is 2.92. The lowest BCUT2D eigenvalue weighted by atomic mass is 10.0. The smallest absolute Gasteiger partial charge is 0.263 e. The number of nitrogens with one attached hydrogen (secondary N) is 2. The maximum atomic E-state index is 13.6. The Labute approximate surface area is 384 Å². The van der Waals surface area contributed by atoms with Gasteiger partial charge in [-0.2, -0.15) is 15.2 Å². The van der Waals surface area contributed by atoms with Gasteiger partial charge in [0.15, 0.2) is 23.9 Å². The minimum absolute atomic E-state index is 0.0307. The normalized spacial score (nSPS) is 17.6. The highest BCUT2D eigenvalue weighted by Gasteiger charge is 2.40. The lowest BCUT2D eigenvalue weighted by molar-refractivity contribution is -0.137. The summed E-state index contributed by atoms with van der Waals surface area (Å²) in [6, 6.07) is 11.3. The molecule has 4 amide bonds. The lowest BCUT2D eigenvalue weighted by Gasteiger charge is -2.36. The molecule has 0 radical (unpaired) electrons. The third-order valence-electron chi connectivity index (χ3n) is 12.9. The zero-order chi connectivity index (χ0) is 46.9. The third kappa shape index (κ3) is 8.73. The number of nitrogens with zero attached hydrogens (tertiary/aromatic N) is 9. The van der Waals surface area contributed by atoms with Crippen molar-refractivity contribution in [2.24, 2.45) is 10.2 Å². The highest BCUT2D eigenvalue weighted by Crippen LogP contribution is 2.42. The quantitative estimate of drug-likeness (QED) is 0.0847. The number of carbonyl (C=O) groups excluding carboxylic acids is 5. The maximum absolute atomic E-state index is 13.6. The van der Waals surface area contributed by atoms with E-state index in [2.05, 4.69) is 35.7 Å². The first kappa shape index (κ1) is 44.4. The zero-order valence-electron chi connectivity index (χ0n) is 37.5. The number of aryl methyl sites for hydroxylation is 1. The number of azo groups is 1. The van der Waals surface area contributed by atoms with Gasteiger partial charge in [0.1, 0.15) is 17.5 Å². The molecule has 9 rings (SSSR count). The molecule has 346 valence electrons. The van der Waals surface area contributed by atoms with Crippen LogP contribution in [0.4, 0.5) is 28.8 Å². The van der Waals surface area contributed by atoms with Crippen LogP contribution >= 0.6 is 0 Å². The Morgan fingerprint density at radius 3 is 2.33 bits per heavy atom. The Hall–Kier alpha value is -7.77. The van der Waals surface area contributed by atoms with Gasteiger partial charge in [0, 0.05) is 80.0 Å². The molecule has 4 aliphatic rings. The van der Waals surface area contributed by atoms with Gasteiger partial charge >= 0.3 is 0 Å². The number of methoxy groups -OCH3 is 2. The number of ether oxygens (including phenoxy) is 3. The van der Waals surface area contributed by atoms with Crippen LogP contribution < -0.4 is 35.3 Å². The van der Waals surface area contributed by atoms with E-state index >= 15 is 0 Å². The molecule has 67 heavy (non-hydrogen) atoms. The predicted octanol–water partition coefficient (Wildman–Crippen LogP) is 5.48. The Bertz CT molecular complexity index is 2880. The summed E-state index contributed by atoms with van der Waals surface area (Å²) in [5.41, 5.74) is 3.66. The summed E-state index contributed by atoms with van der Waals surface area (Å²) in [5.74, 6) is -0.103. The highest BCUT2D eigenvalue weighted by atomic mass is 16.5. The Morgan fingerprint density at radius 1 is 0.910 bits per heavy atom. The Kier molecular flexibility index (Phi) is 12.3. The van der Waals surface area contributed by atoms with Crippen LogP contribution in [-0.4, -0.2) is 112 Å². The zero-order valence-corrected chi connectivity index (χ0v) is 37.5. The van der Waals surface area contributed by atoms with Crippen LogP contribution in [0.3, 0.4) is 0 Å². The number of piperidine rings is 1. The third-order valence-corrected chi connectivity index (χ3v) is 12.9. The number of hydrogen-bond acceptors (Lipinski definition) is 16. The van der Waals surface area contributed by atoms with E-state index < -0.39 is 11.9 Å². The molecule has 1 atom stereocenters. The van der Waals surface area contributed by atoms with Crippen molar-refractivity contribution < 1.29 is 38.2 Å². The van der Waals surface area contributed by atoms with Crippen molar-refractivity contribution in [2.45, 2.75) is 71.0 Å². The van der Waals surface area contributed by atoms with Crippen molar-refractivity contribution in [3.63, 3.8) is 0 Å². The second-order valence-corrected chi connectivity index (χ2v) is 16.9. The van der Waals surface area contributed by atoms with Crippen LogP contribution in [-0.2, 0) is 20.9 Å². The number of imide groups is 1. The molecule has 2 saturated heterocycles. The van der Waals surface area contributed by atoms with Crippen molar-refractivity contribution in [3.8, 4) is 17.2 Å². The van der Waals surface area contributed by atoms with Gasteiger partial charge in [-0.25, -0.2) is 9.97 Å². The number of anilines is 3. The predicted molar refractivity (Wildman–Crippen MR) is 244 cm³/mol. The molecule has 2 N–H and O–H groups in total. The molecule has 3 aliphatic heterocycles. The van der Waals surface area contributed by atoms with Gasteiger partial charge in [-0.15, -0.1) is 0 Å². The Balaban J connectivity index is 0.808. The first-order chi connectivity index (χ1) is 32.4. The number of carbonyl (C=O) groups is 5. The lowest BCUT2D eigenvalue weighted by Crippen LogP contribution is -2.52. The monoisotopic (exact) mass is 911 g/mol. The number of Topliss-reactive ketones (excluding diaryl/α,β-unsaturated/α-hetero) is 1. The summed E-state index contributed by atoms with van der Waals surface area (Å²) in [5, 5.41) is 15.0. The maximum Gasteiger partial charge on any atom is 0.263 e. The molecule has 1 unspecified atom stereocenters. The average Bonchev–Trinajstić information content (AvgIpc) is 3.98. The minimum Gasteiger partial charge on any atom is -0.493 e. The number of hydrogen-bond donors (Lipinski definition) is 2. The second-order valence-electron chi connectivity index (χ2n) is 16.9. The number of aromatic nitrogens is 4. The number of piperazine rings is 1. The number of benzene rings is 2. The van der Waals surface area contributed by atoms with Crippen molar-refractivity contribution in [1.82, 2.24) is 34.6 Å². The molecular formula is C47H49N11O9. The molecule has 3 fully saturated rings. The largest absolute Gasteiger partial charge is 0.493 e. The number of rotatable bonds is 13. The summed E-state index contributed by atoms with van der Waals surface area (Å²) in [6.07, 6.45) is 7.51. The summed E-state index contributed by atoms with van der Waals surface area (Å²) < 4.78 is 18.9. The molecule has 6 heterocycles. The summed E-state index contributed by atoms with van der Waals surface area (Å²) >= 11 is 0. The number of fused-ring (bicyclic) bond motifs is 2. The fourth-order valence-electron chi connectivity index (χ4n) is 9.35. The van der Waals surface area contributed by atoms with Crippen molar-refractivity contribution in [1.29, 1.82) is 0 Å². The van der Waals surface area contributed by atoms with Crippen LogP contribution in [0.15, 0.2) is 69.9 Å². The van der Waals surface area contributed by atoms with Crippen LogP contribution in [0.5, 0.6) is 17.2 Å². The molecular weight excluding hydrogens is 863 g/mol. The molecule has 20 nitrogen and oxygen atoms in total. The van der Waals surface area contributed by atoms with Gasteiger partial charge in [0.05, 0.1) is 43.0 Å². The molecule has 3 aromatic heterocycles. The van der Waals surface area contributed by atoms with Crippen molar-refractivity contribution >= 4 is 69.3 Å². The van der Waals surface area contributed by atoms with Crippen LogP contribution in [0, 0.1) is 6.92 Å². The number of pyridine rings is 2. The van der Waals surface area contributed by atoms with E-state index in [0.29, 0.717) is 71.1 Å². The molecule has 5 aromatic rings. The van der Waals surface area contributed by atoms with E-state index in [1.54, 1.807) is 59.1 Å². The number of ketones is 1. The fraction of sp³-hybridized carbons (Fsp3) is 0.383. The average molecular weight is 912 g/mol. The van der Waals surface area contributed by atoms with E-state index in [1.165, 1.54) is 26.0 Å². The molecule has 0 bridgehead atoms. The summed E-state index contributed by atoms with van der Waals surface area (Å²) in [4.78, 5) is 96.3. The van der Waals surface area contributed by atoms with E-state index in [0.717, 1.165) is 31.4 Å². The topological polar surface area (TPSA) is 232 Å². The molecule has 1 aliphatic carbocycles. The molecule has 1 saturated carbocycles. The van der Waals surface area contributed by atoms with Crippen LogP contribution in [0.2, 0.25) is 0 Å². The van der Waals surface area contributed by atoms with Crippen molar-refractivity contribution in [2.75, 3.05) is 57.2 Å². The fourth-order valence-corrected chi connectivity index (χ4v) is 9.35. The van der Waals surface area contributed by atoms with Crippen LogP contribution in [0.25, 0.3) is 11.0 Å². The van der Waals surface area contributed by atoms with E-state index in [4.69, 9.17) is 19.2 Å². The van der Waals surface area contributed by atoms with Crippen molar-refractivity contribution in [3.05, 3.63) is 87.5 Å². The van der Waals surface area contributed by atoms with Gasteiger partial charge in [-0.3, -0.25) is 38.7 Å². The van der Waals surface area contributed by atoms with Gasteiger partial charge in [0.2, 0.25) is 23.5 Å². The van der Waals surface area contributed by atoms with E-state index in [1.807, 2.05) is 12.1 Å². The standard InChI is InChI=1S/C47H49N11O9/c1-26-32-23-49-47(52-43(32)58(29-8-5-6-9-29)46(64)41(26)27(2)59)50-38-14-12-30(22-48-38)55-16-18-56(19-17-55)40(61)25-67-42-36(65-3)20-28(21-37(42)66-4)53-54-34-11-7-10-31-33(34)24-57(45(31)63)35-13-15-39(60)51-44(35)62/h7,10-12,14,20-23,29,35H,5-6,8-9,13,15-19,24-25H2,1-4H3,(H,51,60,62)(H,48,49,50,52)/b54-53-. The number of amides is 4. The minimum atomic E-state index is -0.757. The van der Waals surface area contributed by atoms with Gasteiger partial charge in [0.25, 0.3) is 17.4 Å². The Morgan fingerprint density at radius 2 is 1.66 bits per heavy atom. The summed E-state index contributed by atoms with van der Waals surface area (Å²) in [6.45, 7) is 5.09. The second kappa shape index (κ2) is 18.6. The molecule has 0 spiro atoms. The molecule has 2 aromatic carbocycles. The highest BCUT2D eigenvalue weighted by molar-refractivity contribution is 6.06. The SMILES string of the molecule is COc1cc(/N=N\c2cccc3c2CN(C2CCC(=O)NC2=O)C3=O)cc(OC)c1OCC(=O)N1CCN(c2ccc(Nc3ncc4c(C)c(C(C)=O)c(=O)n(C5CCCC5)c4n3)nc2)CC1. The van der Waals surface area contributed by atoms with E-state index in [-0.39, 0.29) is 89.9 Å². The van der Waals surface area contributed by atoms with Gasteiger partial charge in [-0.05, 0) is 62.9 Å². The first-order valence-corrected chi connectivity index (χ1v) is 22.2. The van der Waals surface area contributed by atoms with Gasteiger partial charge < -0.3 is 34.2 Å². The van der Waals surface area contributed by atoms with Crippen LogP contribution in [0.1, 0.15) is 83.3 Å².